The highest BCUT2D eigenvalue weighted by Gasteiger charge is 2.03. The van der Waals surface area contributed by atoms with Crippen LogP contribution in [0.3, 0.4) is 0 Å². The summed E-state index contributed by atoms with van der Waals surface area (Å²) in [6.45, 7) is 0. The van der Waals surface area contributed by atoms with Gasteiger partial charge in [0.2, 0.25) is 5.88 Å². The Hall–Kier alpha value is -1.98. The van der Waals surface area contributed by atoms with Crippen molar-refractivity contribution in [1.82, 2.24) is 19.7 Å². The summed E-state index contributed by atoms with van der Waals surface area (Å²) in [7, 11) is 1.48. The second-order valence-electron chi connectivity index (χ2n) is 2.52. The van der Waals surface area contributed by atoms with Crippen LogP contribution >= 0.6 is 0 Å². The summed E-state index contributed by atoms with van der Waals surface area (Å²) >= 11 is 0. The molecule has 14 heavy (non-hydrogen) atoms. The third-order valence-electron chi connectivity index (χ3n) is 1.59. The van der Waals surface area contributed by atoms with Crippen LogP contribution in [0.15, 0.2) is 24.8 Å². The average molecular weight is 194 g/mol. The summed E-state index contributed by atoms with van der Waals surface area (Å²) in [5, 5.41) is 3.75. The van der Waals surface area contributed by atoms with Crippen molar-refractivity contribution in [3.63, 3.8) is 0 Å². The van der Waals surface area contributed by atoms with Crippen molar-refractivity contribution in [1.29, 1.82) is 0 Å². The van der Waals surface area contributed by atoms with Gasteiger partial charge in [-0.05, 0) is 0 Å². The van der Waals surface area contributed by atoms with E-state index in [0.29, 0.717) is 11.7 Å². The zero-order valence-corrected chi connectivity index (χ0v) is 7.38. The molecule has 2 aromatic heterocycles. The van der Waals surface area contributed by atoms with Crippen LogP contribution in [0, 0.1) is 5.82 Å². The van der Waals surface area contributed by atoms with Gasteiger partial charge >= 0.3 is 0 Å². The van der Waals surface area contributed by atoms with E-state index in [-0.39, 0.29) is 0 Å². The van der Waals surface area contributed by atoms with Crippen molar-refractivity contribution in [3.05, 3.63) is 30.6 Å². The van der Waals surface area contributed by atoms with Crippen LogP contribution < -0.4 is 4.74 Å². The van der Waals surface area contributed by atoms with Crippen molar-refractivity contribution in [3.8, 4) is 11.7 Å². The van der Waals surface area contributed by atoms with Gasteiger partial charge in [0.25, 0.3) is 0 Å². The number of halogens is 1. The maximum Gasteiger partial charge on any atom is 0.234 e. The zero-order chi connectivity index (χ0) is 9.97. The van der Waals surface area contributed by atoms with Crippen LogP contribution in [0.1, 0.15) is 0 Å². The highest BCUT2D eigenvalue weighted by Crippen LogP contribution is 2.08. The molecule has 0 bridgehead atoms. The molecule has 0 aliphatic carbocycles. The van der Waals surface area contributed by atoms with E-state index in [1.54, 1.807) is 0 Å². The van der Waals surface area contributed by atoms with Crippen molar-refractivity contribution < 1.29 is 9.13 Å². The van der Waals surface area contributed by atoms with Crippen LogP contribution in [0.5, 0.6) is 5.88 Å². The molecule has 0 unspecified atom stereocenters. The normalized spacial score (nSPS) is 10.1. The van der Waals surface area contributed by atoms with Gasteiger partial charge in [0.05, 0.1) is 31.9 Å². The van der Waals surface area contributed by atoms with E-state index in [1.165, 1.54) is 30.4 Å². The first-order chi connectivity index (χ1) is 6.79. The van der Waals surface area contributed by atoms with Crippen LogP contribution in [0.2, 0.25) is 0 Å². The SMILES string of the molecule is COc1cncc(-n2cc(F)cn2)n1. The van der Waals surface area contributed by atoms with Crippen LogP contribution in [0.4, 0.5) is 4.39 Å². The lowest BCUT2D eigenvalue weighted by Gasteiger charge is -2.01. The fourth-order valence-corrected chi connectivity index (χ4v) is 0.973. The summed E-state index contributed by atoms with van der Waals surface area (Å²) in [5.74, 6) is 0.348. The number of hydrogen-bond acceptors (Lipinski definition) is 4. The number of methoxy groups -OCH3 is 1. The second-order valence-corrected chi connectivity index (χ2v) is 2.52. The summed E-state index contributed by atoms with van der Waals surface area (Å²) in [4.78, 5) is 7.89. The van der Waals surface area contributed by atoms with Gasteiger partial charge in [-0.2, -0.15) is 10.1 Å². The number of nitrogens with zero attached hydrogens (tertiary/aromatic N) is 4. The van der Waals surface area contributed by atoms with E-state index >= 15 is 0 Å². The van der Waals surface area contributed by atoms with Gasteiger partial charge < -0.3 is 4.74 Å². The van der Waals surface area contributed by atoms with E-state index in [9.17, 15) is 4.39 Å². The van der Waals surface area contributed by atoms with Crippen LogP contribution in [-0.4, -0.2) is 26.9 Å². The Bertz CT molecular complexity index is 442. The standard InChI is InChI=1S/C8H7FN4O/c1-14-8-4-10-3-7(12-8)13-5-6(9)2-11-13/h2-5H,1H3. The molecule has 0 saturated carbocycles. The highest BCUT2D eigenvalue weighted by molar-refractivity contribution is 5.20. The Morgan fingerprint density at radius 2 is 2.21 bits per heavy atom. The summed E-state index contributed by atoms with van der Waals surface area (Å²) in [6.07, 6.45) is 5.24. The second kappa shape index (κ2) is 3.41. The number of ether oxygens (including phenoxy) is 1. The first-order valence-electron chi connectivity index (χ1n) is 3.86. The molecule has 0 saturated heterocycles. The molecule has 0 aromatic carbocycles. The molecule has 0 spiro atoms. The van der Waals surface area contributed by atoms with Crippen molar-refractivity contribution >= 4 is 0 Å². The predicted molar refractivity (Wildman–Crippen MR) is 45.7 cm³/mol. The monoisotopic (exact) mass is 194 g/mol. The maximum absolute atomic E-state index is 12.6. The molecule has 0 aliphatic rings. The average Bonchev–Trinajstić information content (AvgIpc) is 2.65. The lowest BCUT2D eigenvalue weighted by Crippen LogP contribution is -2.00. The first-order valence-corrected chi connectivity index (χ1v) is 3.86. The largest absolute Gasteiger partial charge is 0.480 e. The maximum atomic E-state index is 12.6. The Morgan fingerprint density at radius 3 is 2.86 bits per heavy atom. The minimum absolute atomic E-state index is 0.360. The topological polar surface area (TPSA) is 52.8 Å². The molecule has 0 amide bonds. The van der Waals surface area contributed by atoms with Crippen LogP contribution in [-0.2, 0) is 0 Å². The number of rotatable bonds is 2. The third-order valence-corrected chi connectivity index (χ3v) is 1.59. The smallest absolute Gasteiger partial charge is 0.234 e. The molecule has 5 nitrogen and oxygen atoms in total. The fraction of sp³-hybridized carbons (Fsp3) is 0.125. The molecule has 2 rings (SSSR count). The summed E-state index contributed by atoms with van der Waals surface area (Å²) in [6, 6.07) is 0. The fourth-order valence-electron chi connectivity index (χ4n) is 0.973. The predicted octanol–water partition coefficient (Wildman–Crippen LogP) is 0.810. The molecule has 0 atom stereocenters. The Morgan fingerprint density at radius 1 is 1.36 bits per heavy atom. The summed E-state index contributed by atoms with van der Waals surface area (Å²) < 4.78 is 18.8. The minimum Gasteiger partial charge on any atom is -0.480 e. The molecule has 72 valence electrons. The Kier molecular flexibility index (Phi) is 2.10. The quantitative estimate of drug-likeness (QED) is 0.709. The highest BCUT2D eigenvalue weighted by atomic mass is 19.1. The lowest BCUT2D eigenvalue weighted by atomic mass is 10.6. The van der Waals surface area contributed by atoms with Gasteiger partial charge in [-0.3, -0.25) is 4.98 Å². The molecule has 0 radical (unpaired) electrons. The molecule has 2 heterocycles. The molecule has 0 N–H and O–H groups in total. The van der Waals surface area contributed by atoms with Crippen molar-refractivity contribution in [2.24, 2.45) is 0 Å². The van der Waals surface area contributed by atoms with Gasteiger partial charge in [-0.15, -0.1) is 0 Å². The lowest BCUT2D eigenvalue weighted by molar-refractivity contribution is 0.394. The summed E-state index contributed by atoms with van der Waals surface area (Å²) in [5.41, 5.74) is 0. The Labute approximate surface area is 79.2 Å². The molecule has 6 heteroatoms. The van der Waals surface area contributed by atoms with Gasteiger partial charge in [-0.25, -0.2) is 9.07 Å². The number of hydrogen-bond donors (Lipinski definition) is 0. The van der Waals surface area contributed by atoms with Crippen molar-refractivity contribution in [2.45, 2.75) is 0 Å². The minimum atomic E-state index is -0.422. The number of aromatic nitrogens is 4. The van der Waals surface area contributed by atoms with E-state index in [0.717, 1.165) is 6.20 Å². The molecule has 2 aromatic rings. The molecular formula is C8H7FN4O. The van der Waals surface area contributed by atoms with Gasteiger partial charge in [0, 0.05) is 0 Å². The van der Waals surface area contributed by atoms with Gasteiger partial charge in [0.15, 0.2) is 11.6 Å². The van der Waals surface area contributed by atoms with E-state index in [4.69, 9.17) is 4.74 Å². The van der Waals surface area contributed by atoms with Gasteiger partial charge in [0.1, 0.15) is 0 Å². The zero-order valence-electron chi connectivity index (χ0n) is 7.38. The Balaban J connectivity index is 2.41. The molecule has 0 fully saturated rings. The van der Waals surface area contributed by atoms with Gasteiger partial charge in [-0.1, -0.05) is 0 Å². The molecular weight excluding hydrogens is 187 g/mol. The van der Waals surface area contributed by atoms with Crippen molar-refractivity contribution in [2.75, 3.05) is 7.11 Å². The van der Waals surface area contributed by atoms with Crippen LogP contribution in [0.25, 0.3) is 5.82 Å². The first kappa shape index (κ1) is 8.61. The third kappa shape index (κ3) is 1.54. The van der Waals surface area contributed by atoms with E-state index < -0.39 is 5.82 Å². The van der Waals surface area contributed by atoms with E-state index in [2.05, 4.69) is 15.1 Å². The van der Waals surface area contributed by atoms with E-state index in [1.807, 2.05) is 0 Å². The molecule has 0 aliphatic heterocycles.